The van der Waals surface area contributed by atoms with Crippen LogP contribution in [0.3, 0.4) is 0 Å². The zero-order chi connectivity index (χ0) is 15.6. The van der Waals surface area contributed by atoms with Crippen LogP contribution in [-0.2, 0) is 19.2 Å². The lowest BCUT2D eigenvalue weighted by molar-refractivity contribution is -0.143. The summed E-state index contributed by atoms with van der Waals surface area (Å²) >= 11 is 0. The van der Waals surface area contributed by atoms with Crippen molar-refractivity contribution in [2.75, 3.05) is 13.1 Å². The number of carboxylic acids is 1. The number of likely N-dealkylation sites (tertiary alicyclic amines) is 1. The number of carbonyl (C=O) groups excluding carboxylic acids is 3. The molecule has 0 aromatic rings. The molecule has 1 heterocycles. The number of carboxylic acid groups (broad SMARTS) is 1. The van der Waals surface area contributed by atoms with Crippen LogP contribution < -0.4 is 11.1 Å². The normalized spacial score (nSPS) is 23.0. The van der Waals surface area contributed by atoms with Crippen LogP contribution in [0.25, 0.3) is 0 Å². The number of nitrogens with zero attached hydrogens (tertiary/aromatic N) is 1. The third-order valence-electron chi connectivity index (χ3n) is 3.78. The SMILES string of the molecule is NC(=O)C[C@@H](NC(=O)C1CC(=O)N(CC2CC2)C1)C(=O)O. The number of nitrogens with one attached hydrogen (secondary N) is 1. The molecular formula is C13H19N3O5. The van der Waals surface area contributed by atoms with E-state index in [9.17, 15) is 19.2 Å². The highest BCUT2D eigenvalue weighted by Crippen LogP contribution is 2.32. The molecule has 1 unspecified atom stereocenters. The second-order valence-corrected chi connectivity index (χ2v) is 5.71. The number of nitrogens with two attached hydrogens (primary N) is 1. The van der Waals surface area contributed by atoms with Gasteiger partial charge >= 0.3 is 5.97 Å². The number of rotatable bonds is 7. The van der Waals surface area contributed by atoms with E-state index >= 15 is 0 Å². The third kappa shape index (κ3) is 4.17. The summed E-state index contributed by atoms with van der Waals surface area (Å²) in [5.74, 6) is -2.75. The van der Waals surface area contributed by atoms with Gasteiger partial charge in [-0.2, -0.15) is 0 Å². The van der Waals surface area contributed by atoms with Crippen LogP contribution >= 0.6 is 0 Å². The van der Waals surface area contributed by atoms with Gasteiger partial charge in [-0.05, 0) is 18.8 Å². The largest absolute Gasteiger partial charge is 0.480 e. The highest BCUT2D eigenvalue weighted by atomic mass is 16.4. The van der Waals surface area contributed by atoms with Gasteiger partial charge in [-0.25, -0.2) is 4.79 Å². The minimum Gasteiger partial charge on any atom is -0.480 e. The number of primary amides is 1. The average Bonchev–Trinajstić information content (AvgIpc) is 3.11. The first-order chi connectivity index (χ1) is 9.86. The van der Waals surface area contributed by atoms with Crippen LogP contribution in [0.1, 0.15) is 25.7 Å². The molecule has 3 amide bonds. The second-order valence-electron chi connectivity index (χ2n) is 5.71. The molecule has 8 heteroatoms. The maximum absolute atomic E-state index is 12.0. The van der Waals surface area contributed by atoms with Crippen LogP contribution in [0.5, 0.6) is 0 Å². The Labute approximate surface area is 121 Å². The first kappa shape index (κ1) is 15.3. The summed E-state index contributed by atoms with van der Waals surface area (Å²) in [7, 11) is 0. The molecule has 1 saturated carbocycles. The number of hydrogen-bond donors (Lipinski definition) is 3. The Hall–Kier alpha value is -2.12. The Kier molecular flexibility index (Phi) is 4.44. The van der Waals surface area contributed by atoms with Crippen molar-refractivity contribution in [3.8, 4) is 0 Å². The summed E-state index contributed by atoms with van der Waals surface area (Å²) in [5, 5.41) is 11.2. The van der Waals surface area contributed by atoms with Crippen molar-refractivity contribution in [1.29, 1.82) is 0 Å². The highest BCUT2D eigenvalue weighted by molar-refractivity contribution is 5.92. The van der Waals surface area contributed by atoms with Gasteiger partial charge in [-0.1, -0.05) is 0 Å². The summed E-state index contributed by atoms with van der Waals surface area (Å²) in [5.41, 5.74) is 4.95. The van der Waals surface area contributed by atoms with Gasteiger partial charge in [0.15, 0.2) is 0 Å². The van der Waals surface area contributed by atoms with E-state index < -0.39 is 36.2 Å². The number of hydrogen-bond acceptors (Lipinski definition) is 4. The minimum atomic E-state index is -1.34. The van der Waals surface area contributed by atoms with E-state index in [4.69, 9.17) is 10.8 Å². The van der Waals surface area contributed by atoms with Gasteiger partial charge < -0.3 is 21.1 Å². The number of carbonyl (C=O) groups is 4. The van der Waals surface area contributed by atoms with Crippen molar-refractivity contribution in [1.82, 2.24) is 10.2 Å². The molecule has 0 aromatic heterocycles. The summed E-state index contributed by atoms with van der Waals surface area (Å²) < 4.78 is 0. The standard InChI is InChI=1S/C13H19N3O5/c14-10(17)4-9(13(20)21)15-12(19)8-3-11(18)16(6-8)5-7-1-2-7/h7-9H,1-6H2,(H2,14,17)(H,15,19)(H,20,21)/t8?,9-/m1/s1. The van der Waals surface area contributed by atoms with E-state index in [0.29, 0.717) is 19.0 Å². The minimum absolute atomic E-state index is 0.0798. The molecule has 21 heavy (non-hydrogen) atoms. The molecule has 4 N–H and O–H groups in total. The number of amides is 3. The Balaban J connectivity index is 1.88. The van der Waals surface area contributed by atoms with E-state index in [1.165, 1.54) is 0 Å². The fourth-order valence-electron chi connectivity index (χ4n) is 2.43. The van der Waals surface area contributed by atoms with Crippen molar-refractivity contribution in [3.05, 3.63) is 0 Å². The van der Waals surface area contributed by atoms with Crippen LogP contribution in [0.2, 0.25) is 0 Å². The molecule has 0 radical (unpaired) electrons. The van der Waals surface area contributed by atoms with E-state index in [-0.39, 0.29) is 12.3 Å². The predicted molar refractivity (Wildman–Crippen MR) is 70.8 cm³/mol. The first-order valence-corrected chi connectivity index (χ1v) is 6.96. The summed E-state index contributed by atoms with van der Waals surface area (Å²) in [6.07, 6.45) is 1.84. The fraction of sp³-hybridized carbons (Fsp3) is 0.692. The average molecular weight is 297 g/mol. The molecule has 1 aliphatic carbocycles. The van der Waals surface area contributed by atoms with Gasteiger partial charge in [0, 0.05) is 19.5 Å². The fourth-order valence-corrected chi connectivity index (χ4v) is 2.43. The van der Waals surface area contributed by atoms with E-state index in [2.05, 4.69) is 5.32 Å². The third-order valence-corrected chi connectivity index (χ3v) is 3.78. The van der Waals surface area contributed by atoms with Crippen molar-refractivity contribution in [2.24, 2.45) is 17.6 Å². The van der Waals surface area contributed by atoms with Crippen LogP contribution in [-0.4, -0.2) is 52.8 Å². The maximum Gasteiger partial charge on any atom is 0.326 e. The Morgan fingerprint density at radius 2 is 2.05 bits per heavy atom. The Morgan fingerprint density at radius 3 is 2.57 bits per heavy atom. The van der Waals surface area contributed by atoms with Crippen molar-refractivity contribution >= 4 is 23.7 Å². The summed E-state index contributed by atoms with van der Waals surface area (Å²) in [6.45, 7) is 0.982. The zero-order valence-corrected chi connectivity index (χ0v) is 11.6. The predicted octanol–water partition coefficient (Wildman–Crippen LogP) is -1.31. The van der Waals surface area contributed by atoms with Crippen LogP contribution in [0.4, 0.5) is 0 Å². The van der Waals surface area contributed by atoms with Gasteiger partial charge in [0.2, 0.25) is 17.7 Å². The van der Waals surface area contributed by atoms with Gasteiger partial charge in [-0.3, -0.25) is 14.4 Å². The van der Waals surface area contributed by atoms with Crippen molar-refractivity contribution in [3.63, 3.8) is 0 Å². The molecule has 2 atom stereocenters. The maximum atomic E-state index is 12.0. The van der Waals surface area contributed by atoms with E-state index in [1.54, 1.807) is 4.90 Å². The number of aliphatic carboxylic acids is 1. The molecule has 2 rings (SSSR count). The molecule has 0 aromatic carbocycles. The molecule has 2 fully saturated rings. The quantitative estimate of drug-likeness (QED) is 0.537. The van der Waals surface area contributed by atoms with Gasteiger partial charge in [0.25, 0.3) is 0 Å². The lowest BCUT2D eigenvalue weighted by Gasteiger charge is -2.17. The Bertz CT molecular complexity index is 474. The molecular weight excluding hydrogens is 278 g/mol. The Morgan fingerprint density at radius 1 is 1.38 bits per heavy atom. The second kappa shape index (κ2) is 6.11. The van der Waals surface area contributed by atoms with Crippen molar-refractivity contribution < 1.29 is 24.3 Å². The molecule has 8 nitrogen and oxygen atoms in total. The van der Waals surface area contributed by atoms with Crippen LogP contribution in [0, 0.1) is 11.8 Å². The van der Waals surface area contributed by atoms with Gasteiger partial charge in [-0.15, -0.1) is 0 Å². The summed E-state index contributed by atoms with van der Waals surface area (Å²) in [4.78, 5) is 47.3. The highest BCUT2D eigenvalue weighted by Gasteiger charge is 2.38. The first-order valence-electron chi connectivity index (χ1n) is 6.96. The molecule has 1 saturated heterocycles. The molecule has 116 valence electrons. The molecule has 0 bridgehead atoms. The monoisotopic (exact) mass is 297 g/mol. The van der Waals surface area contributed by atoms with Gasteiger partial charge in [0.1, 0.15) is 6.04 Å². The topological polar surface area (TPSA) is 130 Å². The lowest BCUT2D eigenvalue weighted by Crippen LogP contribution is -2.46. The van der Waals surface area contributed by atoms with E-state index in [1.807, 2.05) is 0 Å². The molecule has 0 spiro atoms. The lowest BCUT2D eigenvalue weighted by atomic mass is 10.1. The zero-order valence-electron chi connectivity index (χ0n) is 11.6. The molecule has 2 aliphatic rings. The molecule has 1 aliphatic heterocycles. The van der Waals surface area contributed by atoms with Gasteiger partial charge in [0.05, 0.1) is 12.3 Å². The van der Waals surface area contributed by atoms with Crippen molar-refractivity contribution in [2.45, 2.75) is 31.7 Å². The van der Waals surface area contributed by atoms with E-state index in [0.717, 1.165) is 12.8 Å². The smallest absolute Gasteiger partial charge is 0.326 e. The summed E-state index contributed by atoms with van der Waals surface area (Å²) in [6, 6.07) is -1.34. The van der Waals surface area contributed by atoms with Crippen LogP contribution in [0.15, 0.2) is 0 Å².